The van der Waals surface area contributed by atoms with Gasteiger partial charge in [-0.2, -0.15) is 26.3 Å². The summed E-state index contributed by atoms with van der Waals surface area (Å²) in [5.74, 6) is -3.78. The molecule has 262 valence electrons. The third-order valence-electron chi connectivity index (χ3n) is 8.94. The van der Waals surface area contributed by atoms with E-state index in [9.17, 15) is 44.7 Å². The molecule has 2 N–H and O–H groups in total. The number of carboxylic acid groups (broad SMARTS) is 1. The summed E-state index contributed by atoms with van der Waals surface area (Å²) in [7, 11) is -1.54. The van der Waals surface area contributed by atoms with Gasteiger partial charge >= 0.3 is 18.3 Å². The number of sulfone groups is 1. The highest BCUT2D eigenvalue weighted by molar-refractivity contribution is 7.91. The number of likely N-dealkylation sites (tertiary alicyclic amines) is 1. The number of aliphatic hydroxyl groups is 1. The number of alkyl halides is 6. The number of rotatable bonds is 9. The fraction of sp³-hybridized carbons (Fsp3) is 0.562. The third-order valence-corrected chi connectivity index (χ3v) is 10.8. The molecule has 5 unspecified atom stereocenters. The largest absolute Gasteiger partial charge is 0.490 e. The molecule has 1 heterocycles. The lowest BCUT2D eigenvalue weighted by molar-refractivity contribution is -0.192. The van der Waals surface area contributed by atoms with Gasteiger partial charge in [-0.05, 0) is 88.7 Å². The molecular formula is C32H40F6N2O6S. The van der Waals surface area contributed by atoms with Crippen molar-refractivity contribution in [2.24, 2.45) is 11.8 Å². The Morgan fingerprint density at radius 2 is 1.62 bits per heavy atom. The number of hydrogen-bond acceptors (Lipinski definition) is 6. The standard InChI is InChI=1S/C30H39F3N2O4S.C2HF3O2/c1-20(2)34(3)25-12-13-27(23(17-25)19-40(38,39)26-10-5-4-6-11-26)35-15-14-22(29(35)37)18-28(36)21-8-7-9-24(16-21)30(31,32)33;3-2(4,5)1(6)7/h4-11,16,20,22-23,25,27-28,36H,12-15,17-19H2,1-3H3;(H,6,7). The Labute approximate surface area is 270 Å². The second-order valence-corrected chi connectivity index (χ2v) is 14.4. The Morgan fingerprint density at radius 1 is 1.00 bits per heavy atom. The molecule has 1 saturated carbocycles. The Hall–Kier alpha value is -3.17. The summed E-state index contributed by atoms with van der Waals surface area (Å²) in [5.41, 5.74) is -0.709. The predicted octanol–water partition coefficient (Wildman–Crippen LogP) is 5.96. The molecule has 2 aliphatic rings. The highest BCUT2D eigenvalue weighted by Crippen LogP contribution is 2.39. The van der Waals surface area contributed by atoms with E-state index in [1.165, 1.54) is 12.1 Å². The zero-order chi connectivity index (χ0) is 35.3. The molecule has 47 heavy (non-hydrogen) atoms. The SMILES string of the molecule is CC(C)N(C)C1CCC(N2CCC(CC(O)c3cccc(C(F)(F)F)c3)C2=O)C(CS(=O)(=O)c2ccccc2)C1.O=C(O)C(F)(F)F. The summed E-state index contributed by atoms with van der Waals surface area (Å²) >= 11 is 0. The maximum atomic E-state index is 13.6. The molecule has 0 aromatic heterocycles. The highest BCUT2D eigenvalue weighted by atomic mass is 32.2. The topological polar surface area (TPSA) is 115 Å². The molecule has 4 rings (SSSR count). The summed E-state index contributed by atoms with van der Waals surface area (Å²) in [6.07, 6.45) is -8.16. The van der Waals surface area contributed by atoms with Crippen molar-refractivity contribution in [3.05, 3.63) is 65.7 Å². The summed E-state index contributed by atoms with van der Waals surface area (Å²) in [6.45, 7) is 4.65. The van der Waals surface area contributed by atoms with Crippen LogP contribution in [0.5, 0.6) is 0 Å². The molecule has 1 aliphatic carbocycles. The Balaban J connectivity index is 0.000000771. The molecule has 1 amide bonds. The summed E-state index contributed by atoms with van der Waals surface area (Å²) in [5, 5.41) is 17.9. The van der Waals surface area contributed by atoms with Crippen LogP contribution in [0.2, 0.25) is 0 Å². The van der Waals surface area contributed by atoms with Crippen molar-refractivity contribution < 1.29 is 54.6 Å². The Morgan fingerprint density at radius 3 is 2.17 bits per heavy atom. The first-order valence-electron chi connectivity index (χ1n) is 15.2. The monoisotopic (exact) mass is 694 g/mol. The molecule has 5 atom stereocenters. The fourth-order valence-corrected chi connectivity index (χ4v) is 7.94. The van der Waals surface area contributed by atoms with Crippen LogP contribution in [0, 0.1) is 11.8 Å². The van der Waals surface area contributed by atoms with Gasteiger partial charge in [0.05, 0.1) is 22.3 Å². The van der Waals surface area contributed by atoms with E-state index in [2.05, 4.69) is 18.7 Å². The molecule has 0 spiro atoms. The fourth-order valence-electron chi connectivity index (χ4n) is 6.25. The first-order chi connectivity index (χ1) is 21.7. The van der Waals surface area contributed by atoms with E-state index in [1.54, 1.807) is 35.2 Å². The number of aliphatic carboxylic acids is 1. The normalized spacial score (nSPS) is 23.1. The molecule has 0 bridgehead atoms. The molecule has 1 saturated heterocycles. The second-order valence-electron chi connectivity index (χ2n) is 12.3. The van der Waals surface area contributed by atoms with Gasteiger partial charge < -0.3 is 20.0 Å². The predicted molar refractivity (Wildman–Crippen MR) is 161 cm³/mol. The van der Waals surface area contributed by atoms with Gasteiger partial charge in [-0.15, -0.1) is 0 Å². The third kappa shape index (κ3) is 10.2. The smallest absolute Gasteiger partial charge is 0.475 e. The van der Waals surface area contributed by atoms with Crippen LogP contribution < -0.4 is 0 Å². The molecule has 2 aromatic rings. The number of nitrogens with zero attached hydrogens (tertiary/aromatic N) is 2. The molecule has 15 heteroatoms. The van der Waals surface area contributed by atoms with Crippen molar-refractivity contribution in [3.63, 3.8) is 0 Å². The lowest BCUT2D eigenvalue weighted by Crippen LogP contribution is -2.51. The van der Waals surface area contributed by atoms with Crippen molar-refractivity contribution in [1.82, 2.24) is 9.80 Å². The van der Waals surface area contributed by atoms with Gasteiger partial charge in [-0.1, -0.05) is 30.3 Å². The highest BCUT2D eigenvalue weighted by Gasteiger charge is 2.44. The zero-order valence-electron chi connectivity index (χ0n) is 26.2. The van der Waals surface area contributed by atoms with Gasteiger partial charge in [0.2, 0.25) is 5.91 Å². The van der Waals surface area contributed by atoms with Crippen LogP contribution in [0.4, 0.5) is 26.3 Å². The number of carbonyl (C=O) groups excluding carboxylic acids is 1. The molecular weight excluding hydrogens is 654 g/mol. The van der Waals surface area contributed by atoms with E-state index in [0.717, 1.165) is 18.6 Å². The maximum absolute atomic E-state index is 13.6. The maximum Gasteiger partial charge on any atom is 0.490 e. The van der Waals surface area contributed by atoms with Gasteiger partial charge in [0.15, 0.2) is 9.84 Å². The lowest BCUT2D eigenvalue weighted by Gasteiger charge is -2.44. The van der Waals surface area contributed by atoms with Gasteiger partial charge in [0.1, 0.15) is 0 Å². The van der Waals surface area contributed by atoms with Crippen LogP contribution >= 0.6 is 0 Å². The average molecular weight is 695 g/mol. The second kappa shape index (κ2) is 15.4. The number of carbonyl (C=O) groups is 2. The number of hydrogen-bond donors (Lipinski definition) is 2. The molecule has 8 nitrogen and oxygen atoms in total. The van der Waals surface area contributed by atoms with Crippen LogP contribution in [0.15, 0.2) is 59.5 Å². The summed E-state index contributed by atoms with van der Waals surface area (Å²) in [6, 6.07) is 13.2. The van der Waals surface area contributed by atoms with E-state index < -0.39 is 45.7 Å². The van der Waals surface area contributed by atoms with Gasteiger partial charge in [-0.3, -0.25) is 4.79 Å². The van der Waals surface area contributed by atoms with Crippen molar-refractivity contribution in [2.75, 3.05) is 19.3 Å². The number of carboxylic acids is 1. The van der Waals surface area contributed by atoms with Crippen molar-refractivity contribution in [2.45, 2.75) is 87.4 Å². The van der Waals surface area contributed by atoms with Crippen LogP contribution in [-0.2, 0) is 25.6 Å². The first-order valence-corrected chi connectivity index (χ1v) is 16.8. The number of benzene rings is 2. The van der Waals surface area contributed by atoms with Gasteiger partial charge in [0.25, 0.3) is 0 Å². The molecule has 1 aliphatic heterocycles. The Kier molecular flexibility index (Phi) is 12.5. The minimum atomic E-state index is -5.08. The number of amides is 1. The minimum Gasteiger partial charge on any atom is -0.475 e. The van der Waals surface area contributed by atoms with Crippen LogP contribution in [0.1, 0.15) is 63.2 Å². The molecule has 0 radical (unpaired) electrons. The quantitative estimate of drug-likeness (QED) is 0.312. The van der Waals surface area contributed by atoms with E-state index in [-0.39, 0.29) is 46.5 Å². The molecule has 2 fully saturated rings. The van der Waals surface area contributed by atoms with Crippen LogP contribution in [0.3, 0.4) is 0 Å². The van der Waals surface area contributed by atoms with E-state index in [1.807, 2.05) is 7.05 Å². The van der Waals surface area contributed by atoms with Crippen LogP contribution in [-0.4, -0.2) is 84.0 Å². The van der Waals surface area contributed by atoms with E-state index >= 15 is 0 Å². The van der Waals surface area contributed by atoms with E-state index in [0.29, 0.717) is 31.8 Å². The summed E-state index contributed by atoms with van der Waals surface area (Å²) < 4.78 is 98.0. The van der Waals surface area contributed by atoms with Gasteiger partial charge in [-0.25, -0.2) is 13.2 Å². The lowest BCUT2D eigenvalue weighted by atomic mass is 9.80. The van der Waals surface area contributed by atoms with Crippen molar-refractivity contribution in [3.8, 4) is 0 Å². The summed E-state index contributed by atoms with van der Waals surface area (Å²) in [4.78, 5) is 26.8. The zero-order valence-corrected chi connectivity index (χ0v) is 27.0. The van der Waals surface area contributed by atoms with E-state index in [4.69, 9.17) is 9.90 Å². The number of halogens is 6. The van der Waals surface area contributed by atoms with Crippen molar-refractivity contribution in [1.29, 1.82) is 0 Å². The Bertz CT molecular complexity index is 1470. The average Bonchev–Trinajstić information content (AvgIpc) is 3.35. The van der Waals surface area contributed by atoms with Crippen molar-refractivity contribution >= 4 is 21.7 Å². The molecule has 2 aromatic carbocycles. The minimum absolute atomic E-state index is 0.0229. The van der Waals surface area contributed by atoms with Gasteiger partial charge in [0, 0.05) is 30.6 Å². The first kappa shape index (κ1) is 38.3. The number of aliphatic hydroxyl groups excluding tert-OH is 1. The van der Waals surface area contributed by atoms with Crippen LogP contribution in [0.25, 0.3) is 0 Å².